The van der Waals surface area contributed by atoms with E-state index in [1.54, 1.807) is 0 Å². The monoisotopic (exact) mass is 452 g/mol. The summed E-state index contributed by atoms with van der Waals surface area (Å²) in [6.45, 7) is 6.09. The van der Waals surface area contributed by atoms with Crippen molar-refractivity contribution >= 4 is 54.5 Å². The van der Waals surface area contributed by atoms with E-state index in [1.807, 2.05) is 12.1 Å². The first kappa shape index (κ1) is 25.3. The van der Waals surface area contributed by atoms with Gasteiger partial charge in [-0.05, 0) is 43.4 Å². The molecule has 1 aromatic carbocycles. The van der Waals surface area contributed by atoms with E-state index in [-0.39, 0.29) is 49.2 Å². The van der Waals surface area contributed by atoms with Gasteiger partial charge < -0.3 is 20.6 Å². The average molecular weight is 454 g/mol. The molecule has 3 N–H and O–H groups in total. The van der Waals surface area contributed by atoms with E-state index in [0.29, 0.717) is 13.0 Å². The molecule has 2 saturated heterocycles. The third-order valence-electron chi connectivity index (χ3n) is 5.49. The Morgan fingerprint density at radius 2 is 1.86 bits per heavy atom. The first-order valence-electron chi connectivity index (χ1n) is 9.47. The molecule has 9 heteroatoms. The van der Waals surface area contributed by atoms with E-state index in [2.05, 4.69) is 32.6 Å². The fourth-order valence-electron chi connectivity index (χ4n) is 3.78. The molecule has 0 aromatic heterocycles. The van der Waals surface area contributed by atoms with Gasteiger partial charge in [0.05, 0.1) is 12.1 Å². The van der Waals surface area contributed by atoms with Crippen molar-refractivity contribution in [3.63, 3.8) is 0 Å². The lowest BCUT2D eigenvalue weighted by atomic mass is 10.1. The molecule has 0 spiro atoms. The van der Waals surface area contributed by atoms with E-state index in [4.69, 9.17) is 0 Å². The fraction of sp³-hybridized carbons (Fsp3) is 0.632. The third kappa shape index (κ3) is 6.65. The van der Waals surface area contributed by atoms with Crippen LogP contribution in [0.5, 0.6) is 0 Å². The predicted molar refractivity (Wildman–Crippen MR) is 121 cm³/mol. The number of aliphatic hydroxyl groups is 1. The Hall–Kier alpha value is -0.760. The molecule has 28 heavy (non-hydrogen) atoms. The minimum atomic E-state index is -0.422. The highest BCUT2D eigenvalue weighted by Crippen LogP contribution is 2.30. The number of piperazine rings is 1. The smallest absolute Gasteiger partial charge is 0.241 e. The summed E-state index contributed by atoms with van der Waals surface area (Å²) < 4.78 is 0. The van der Waals surface area contributed by atoms with Crippen LogP contribution in [-0.2, 0) is 4.79 Å². The summed E-state index contributed by atoms with van der Waals surface area (Å²) in [5, 5.41) is 15.6. The molecule has 1 amide bonds. The van der Waals surface area contributed by atoms with Crippen molar-refractivity contribution < 1.29 is 9.90 Å². The summed E-state index contributed by atoms with van der Waals surface area (Å²) in [7, 11) is 0. The number of rotatable bonds is 5. The molecule has 6 nitrogen and oxygen atoms in total. The minimum Gasteiger partial charge on any atom is -0.392 e. The molecule has 2 atom stereocenters. The van der Waals surface area contributed by atoms with Crippen molar-refractivity contribution in [2.45, 2.75) is 31.4 Å². The molecular formula is C19H31Cl3N4O2. The topological polar surface area (TPSA) is 67.8 Å². The second-order valence-corrected chi connectivity index (χ2v) is 7.62. The van der Waals surface area contributed by atoms with Gasteiger partial charge in [0.15, 0.2) is 0 Å². The van der Waals surface area contributed by atoms with E-state index < -0.39 is 6.10 Å². The van der Waals surface area contributed by atoms with Gasteiger partial charge in [0, 0.05) is 50.6 Å². The number of hydrogen-bond donors (Lipinski definition) is 3. The van der Waals surface area contributed by atoms with Gasteiger partial charge in [-0.15, -0.1) is 37.2 Å². The zero-order valence-corrected chi connectivity index (χ0v) is 18.3. The maximum Gasteiger partial charge on any atom is 0.241 e. The molecule has 2 heterocycles. The number of aliphatic hydroxyl groups excluding tert-OH is 1. The number of amides is 1. The first-order valence-corrected chi connectivity index (χ1v) is 9.47. The third-order valence-corrected chi connectivity index (χ3v) is 5.49. The molecule has 0 radical (unpaired) electrons. The molecule has 2 unspecified atom stereocenters. The normalized spacial score (nSPS) is 24.5. The van der Waals surface area contributed by atoms with Crippen molar-refractivity contribution in [1.29, 1.82) is 0 Å². The largest absolute Gasteiger partial charge is 0.392 e. The summed E-state index contributed by atoms with van der Waals surface area (Å²) in [5.41, 5.74) is 1.99. The van der Waals surface area contributed by atoms with Crippen LogP contribution in [0, 0.1) is 5.92 Å². The Balaban J connectivity index is 0.00000131. The van der Waals surface area contributed by atoms with E-state index in [1.165, 1.54) is 25.1 Å². The Bertz CT molecular complexity index is 625. The van der Waals surface area contributed by atoms with Crippen LogP contribution in [0.1, 0.15) is 19.3 Å². The van der Waals surface area contributed by atoms with Crippen LogP contribution < -0.4 is 15.5 Å². The van der Waals surface area contributed by atoms with Crippen molar-refractivity contribution in [1.82, 2.24) is 10.2 Å². The predicted octanol–water partition coefficient (Wildman–Crippen LogP) is 2.15. The Kier molecular flexibility index (Phi) is 10.3. The lowest BCUT2D eigenvalue weighted by molar-refractivity contribution is -0.117. The van der Waals surface area contributed by atoms with Crippen LogP contribution in [0.3, 0.4) is 0 Å². The number of benzene rings is 1. The van der Waals surface area contributed by atoms with Gasteiger partial charge in [-0.2, -0.15) is 0 Å². The molecule has 4 rings (SSSR count). The zero-order chi connectivity index (χ0) is 17.2. The van der Waals surface area contributed by atoms with Gasteiger partial charge in [-0.3, -0.25) is 9.69 Å². The molecule has 2 aliphatic heterocycles. The molecule has 1 aromatic rings. The van der Waals surface area contributed by atoms with Gasteiger partial charge in [0.2, 0.25) is 5.91 Å². The van der Waals surface area contributed by atoms with Crippen molar-refractivity contribution in [3.8, 4) is 0 Å². The second kappa shape index (κ2) is 11.4. The van der Waals surface area contributed by atoms with Crippen LogP contribution in [0.2, 0.25) is 0 Å². The molecule has 3 fully saturated rings. The van der Waals surface area contributed by atoms with Crippen molar-refractivity contribution in [3.05, 3.63) is 24.3 Å². The molecule has 160 valence electrons. The number of carbonyl (C=O) groups excluding carboxylic acids is 1. The quantitative estimate of drug-likeness (QED) is 0.637. The molecule has 1 saturated carbocycles. The summed E-state index contributed by atoms with van der Waals surface area (Å²) >= 11 is 0. The lowest BCUT2D eigenvalue weighted by Crippen LogP contribution is -2.47. The SMILES string of the molecule is Cl.Cl.Cl.O=C(Nc1cccc(N2CCN(CC3CC3)CC2)c1)C1CC(O)CN1. The van der Waals surface area contributed by atoms with Crippen LogP contribution in [0.4, 0.5) is 11.4 Å². The highest BCUT2D eigenvalue weighted by Gasteiger charge is 2.28. The van der Waals surface area contributed by atoms with Gasteiger partial charge in [-0.1, -0.05) is 6.07 Å². The minimum absolute atomic E-state index is 0. The van der Waals surface area contributed by atoms with E-state index >= 15 is 0 Å². The van der Waals surface area contributed by atoms with Crippen LogP contribution in [-0.4, -0.2) is 67.3 Å². The van der Waals surface area contributed by atoms with Gasteiger partial charge >= 0.3 is 0 Å². The highest BCUT2D eigenvalue weighted by molar-refractivity contribution is 5.95. The Labute approximate surface area is 185 Å². The molecule has 1 aliphatic carbocycles. The number of nitrogens with zero attached hydrogens (tertiary/aromatic N) is 2. The Morgan fingerprint density at radius 1 is 1.14 bits per heavy atom. The maximum absolute atomic E-state index is 12.3. The first-order chi connectivity index (χ1) is 12.2. The number of anilines is 2. The summed E-state index contributed by atoms with van der Waals surface area (Å²) in [6, 6.07) is 7.79. The summed E-state index contributed by atoms with van der Waals surface area (Å²) in [4.78, 5) is 17.3. The highest BCUT2D eigenvalue weighted by atomic mass is 35.5. The number of nitrogens with one attached hydrogen (secondary N) is 2. The molecular weight excluding hydrogens is 423 g/mol. The van der Waals surface area contributed by atoms with Crippen LogP contribution in [0.25, 0.3) is 0 Å². The maximum atomic E-state index is 12.3. The molecule has 0 bridgehead atoms. The Morgan fingerprint density at radius 3 is 2.46 bits per heavy atom. The van der Waals surface area contributed by atoms with E-state index in [0.717, 1.165) is 37.8 Å². The fourth-order valence-corrected chi connectivity index (χ4v) is 3.78. The zero-order valence-electron chi connectivity index (χ0n) is 15.9. The van der Waals surface area contributed by atoms with Crippen molar-refractivity contribution in [2.24, 2.45) is 5.92 Å². The van der Waals surface area contributed by atoms with Crippen molar-refractivity contribution in [2.75, 3.05) is 49.5 Å². The van der Waals surface area contributed by atoms with Gasteiger partial charge in [0.25, 0.3) is 0 Å². The number of β-amino-alcohol motifs (C(OH)–C–C–N with tert-alkyl or cyclic N) is 1. The summed E-state index contributed by atoms with van der Waals surface area (Å²) in [6.07, 6.45) is 2.88. The lowest BCUT2D eigenvalue weighted by Gasteiger charge is -2.36. The number of hydrogen-bond acceptors (Lipinski definition) is 5. The van der Waals surface area contributed by atoms with Crippen LogP contribution in [0.15, 0.2) is 24.3 Å². The summed E-state index contributed by atoms with van der Waals surface area (Å²) in [5.74, 6) is 0.885. The molecule has 3 aliphatic rings. The number of carbonyl (C=O) groups is 1. The standard InChI is InChI=1S/C19H28N4O2.3ClH/c24-17-11-18(20-12-17)19(25)21-15-2-1-3-16(10-15)23-8-6-22(7-9-23)13-14-4-5-14;;;/h1-3,10,14,17-18,20,24H,4-9,11-13H2,(H,21,25);3*1H. The van der Waals surface area contributed by atoms with Gasteiger partial charge in [-0.25, -0.2) is 0 Å². The second-order valence-electron chi connectivity index (χ2n) is 7.62. The van der Waals surface area contributed by atoms with Crippen LogP contribution >= 0.6 is 37.2 Å². The number of halogens is 3. The van der Waals surface area contributed by atoms with Gasteiger partial charge in [0.1, 0.15) is 0 Å². The van der Waals surface area contributed by atoms with E-state index in [9.17, 15) is 9.90 Å². The average Bonchev–Trinajstić information content (AvgIpc) is 3.33.